The number of carbonyl (C=O) groups is 1. The molecule has 0 fully saturated rings. The van der Waals surface area contributed by atoms with Gasteiger partial charge in [-0.05, 0) is 30.9 Å². The van der Waals surface area contributed by atoms with Gasteiger partial charge in [-0.15, -0.1) is 0 Å². The van der Waals surface area contributed by atoms with Crippen LogP contribution < -0.4 is 0 Å². The number of carbonyl (C=O) groups excluding carboxylic acids is 1. The molecule has 5 nitrogen and oxygen atoms in total. The third-order valence-electron chi connectivity index (χ3n) is 3.83. The second kappa shape index (κ2) is 11.0. The van der Waals surface area contributed by atoms with Gasteiger partial charge in [-0.25, -0.2) is 4.79 Å². The van der Waals surface area contributed by atoms with Crippen molar-refractivity contribution in [3.8, 4) is 0 Å². The molecule has 0 N–H and O–H groups in total. The van der Waals surface area contributed by atoms with Gasteiger partial charge < -0.3 is 18.0 Å². The van der Waals surface area contributed by atoms with E-state index in [-0.39, 0.29) is 5.97 Å². The number of allylic oxidation sites excluding steroid dienone is 1. The van der Waals surface area contributed by atoms with E-state index in [1.807, 2.05) is 0 Å². The molecule has 25 heavy (non-hydrogen) atoms. The van der Waals surface area contributed by atoms with E-state index in [0.29, 0.717) is 24.6 Å². The molecule has 0 heterocycles. The first-order valence-corrected chi connectivity index (χ1v) is 10.1. The minimum absolute atomic E-state index is 0.316. The fourth-order valence-corrected chi connectivity index (χ4v) is 4.02. The Balaban J connectivity index is 0.000000286. The Morgan fingerprint density at radius 3 is 2.36 bits per heavy atom. The Hall–Kier alpha value is -1.73. The van der Waals surface area contributed by atoms with E-state index in [1.165, 1.54) is 11.1 Å². The summed E-state index contributed by atoms with van der Waals surface area (Å²) in [5.74, 6) is -0.375. The average molecular weight is 365 g/mol. The van der Waals surface area contributed by atoms with E-state index in [4.69, 9.17) is 18.0 Å². The molecule has 1 aliphatic carbocycles. The van der Waals surface area contributed by atoms with E-state index in [2.05, 4.69) is 43.0 Å². The molecule has 0 bridgehead atoms. The van der Waals surface area contributed by atoms with Gasteiger partial charge in [-0.1, -0.05) is 43.0 Å². The zero-order chi connectivity index (χ0) is 18.7. The van der Waals surface area contributed by atoms with Crippen LogP contribution in [0.15, 0.2) is 42.5 Å². The quantitative estimate of drug-likeness (QED) is 0.305. The van der Waals surface area contributed by atoms with Gasteiger partial charge in [0.25, 0.3) is 0 Å². The fourth-order valence-electron chi connectivity index (χ4n) is 2.33. The maximum absolute atomic E-state index is 11.1. The van der Waals surface area contributed by atoms with Crippen molar-refractivity contribution >= 4 is 20.8 Å². The zero-order valence-corrected chi connectivity index (χ0v) is 16.5. The highest BCUT2D eigenvalue weighted by Crippen LogP contribution is 2.17. The van der Waals surface area contributed by atoms with Crippen molar-refractivity contribution in [2.75, 3.05) is 27.9 Å². The number of esters is 1. The standard InChI is InChI=1S/C10H20O5Si.C9H8/c1-9(2)10(11)15-7-6-8-16(12-3,13-4)14-5;1-2-5-9-7-3-6-8(9)4-1/h1,6-8H2,2-5H3;1-6H,7H2. The van der Waals surface area contributed by atoms with Crippen LogP contribution in [0.2, 0.25) is 6.04 Å². The maximum Gasteiger partial charge on any atom is 0.500 e. The predicted molar refractivity (Wildman–Crippen MR) is 101 cm³/mol. The average Bonchev–Trinajstić information content (AvgIpc) is 3.11. The number of hydrogen-bond acceptors (Lipinski definition) is 5. The summed E-state index contributed by atoms with van der Waals surface area (Å²) in [6.45, 7) is 5.42. The summed E-state index contributed by atoms with van der Waals surface area (Å²) in [5, 5.41) is 0. The second-order valence-electron chi connectivity index (χ2n) is 5.62. The van der Waals surface area contributed by atoms with E-state index in [1.54, 1.807) is 28.3 Å². The van der Waals surface area contributed by atoms with Crippen LogP contribution in [-0.4, -0.2) is 42.7 Å². The molecule has 2 rings (SSSR count). The molecule has 0 saturated carbocycles. The molecule has 138 valence electrons. The largest absolute Gasteiger partial charge is 0.500 e. The molecule has 0 spiro atoms. The number of fused-ring (bicyclic) bond motifs is 1. The third kappa shape index (κ3) is 6.95. The number of hydrogen-bond donors (Lipinski definition) is 0. The highest BCUT2D eigenvalue weighted by Gasteiger charge is 2.36. The van der Waals surface area contributed by atoms with Crippen molar-refractivity contribution in [3.05, 3.63) is 53.6 Å². The fraction of sp³-hybridized carbons (Fsp3) is 0.421. The summed E-state index contributed by atoms with van der Waals surface area (Å²) in [7, 11) is 2.13. The van der Waals surface area contributed by atoms with Crippen LogP contribution in [0, 0.1) is 0 Å². The molecule has 0 aromatic heterocycles. The van der Waals surface area contributed by atoms with E-state index < -0.39 is 8.80 Å². The van der Waals surface area contributed by atoms with E-state index in [9.17, 15) is 4.79 Å². The molecular weight excluding hydrogens is 336 g/mol. The summed E-state index contributed by atoms with van der Waals surface area (Å²) in [5.41, 5.74) is 3.24. The molecule has 0 saturated heterocycles. The molecule has 0 amide bonds. The highest BCUT2D eigenvalue weighted by atomic mass is 28.4. The Kier molecular flexibility index (Phi) is 9.37. The molecule has 1 aliphatic rings. The molecule has 1 aromatic rings. The third-order valence-corrected chi connectivity index (χ3v) is 6.66. The summed E-state index contributed by atoms with van der Waals surface area (Å²) in [4.78, 5) is 11.1. The molecular formula is C19H28O5Si. The minimum Gasteiger partial charge on any atom is -0.462 e. The second-order valence-corrected chi connectivity index (χ2v) is 8.71. The first-order chi connectivity index (χ1) is 12.0. The molecule has 0 unspecified atom stereocenters. The van der Waals surface area contributed by atoms with Gasteiger partial charge in [-0.3, -0.25) is 0 Å². The van der Waals surface area contributed by atoms with Gasteiger partial charge in [0.15, 0.2) is 0 Å². The lowest BCUT2D eigenvalue weighted by molar-refractivity contribution is -0.139. The topological polar surface area (TPSA) is 54.0 Å². The molecule has 0 radical (unpaired) electrons. The molecule has 0 atom stereocenters. The Morgan fingerprint density at radius 2 is 1.80 bits per heavy atom. The first kappa shape index (κ1) is 21.3. The van der Waals surface area contributed by atoms with Gasteiger partial charge >= 0.3 is 14.8 Å². The van der Waals surface area contributed by atoms with Crippen molar-refractivity contribution in [1.29, 1.82) is 0 Å². The monoisotopic (exact) mass is 364 g/mol. The SMILES string of the molecule is C1=Cc2ccccc2C1.C=C(C)C(=O)OCCC[Si](OC)(OC)OC. The molecule has 0 aliphatic heterocycles. The van der Waals surface area contributed by atoms with Crippen LogP contribution in [0.1, 0.15) is 24.5 Å². The van der Waals surface area contributed by atoms with Gasteiger partial charge in [0.2, 0.25) is 0 Å². The Morgan fingerprint density at radius 1 is 1.16 bits per heavy atom. The minimum atomic E-state index is -2.53. The Labute approximate surface area is 151 Å². The van der Waals surface area contributed by atoms with Crippen LogP contribution in [0.3, 0.4) is 0 Å². The normalized spacial score (nSPS) is 12.2. The first-order valence-electron chi connectivity index (χ1n) is 8.20. The van der Waals surface area contributed by atoms with Gasteiger partial charge in [0.1, 0.15) is 0 Å². The van der Waals surface area contributed by atoms with Crippen LogP contribution >= 0.6 is 0 Å². The molecule has 6 heteroatoms. The van der Waals surface area contributed by atoms with Crippen molar-refractivity contribution in [3.63, 3.8) is 0 Å². The van der Waals surface area contributed by atoms with Crippen LogP contribution in [0.4, 0.5) is 0 Å². The van der Waals surface area contributed by atoms with Gasteiger partial charge in [0.05, 0.1) is 6.61 Å². The van der Waals surface area contributed by atoms with Gasteiger partial charge in [-0.2, -0.15) is 0 Å². The summed E-state index contributed by atoms with van der Waals surface area (Å²) in [6.07, 6.45) is 6.14. The summed E-state index contributed by atoms with van der Waals surface area (Å²) < 4.78 is 20.6. The lowest BCUT2D eigenvalue weighted by Gasteiger charge is -2.24. The lowest BCUT2D eigenvalue weighted by Crippen LogP contribution is -2.42. The van der Waals surface area contributed by atoms with Crippen molar-refractivity contribution in [2.45, 2.75) is 25.8 Å². The van der Waals surface area contributed by atoms with Crippen LogP contribution in [0.25, 0.3) is 6.08 Å². The zero-order valence-electron chi connectivity index (χ0n) is 15.5. The summed E-state index contributed by atoms with van der Waals surface area (Å²) >= 11 is 0. The van der Waals surface area contributed by atoms with Crippen LogP contribution in [0.5, 0.6) is 0 Å². The summed E-state index contributed by atoms with van der Waals surface area (Å²) in [6, 6.07) is 9.11. The number of rotatable bonds is 8. The van der Waals surface area contributed by atoms with Crippen molar-refractivity contribution in [1.82, 2.24) is 0 Å². The Bertz CT molecular complexity index is 585. The van der Waals surface area contributed by atoms with Crippen molar-refractivity contribution < 1.29 is 22.8 Å². The number of benzene rings is 1. The number of ether oxygens (including phenoxy) is 1. The van der Waals surface area contributed by atoms with Crippen molar-refractivity contribution in [2.24, 2.45) is 0 Å². The lowest BCUT2D eigenvalue weighted by atomic mass is 10.1. The van der Waals surface area contributed by atoms with E-state index in [0.717, 1.165) is 6.42 Å². The highest BCUT2D eigenvalue weighted by molar-refractivity contribution is 6.60. The van der Waals surface area contributed by atoms with Crippen LogP contribution in [-0.2, 0) is 29.2 Å². The smallest absolute Gasteiger partial charge is 0.462 e. The predicted octanol–water partition coefficient (Wildman–Crippen LogP) is 3.63. The maximum atomic E-state index is 11.1. The van der Waals surface area contributed by atoms with E-state index >= 15 is 0 Å². The van der Waals surface area contributed by atoms with Gasteiger partial charge in [0, 0.05) is 32.9 Å². The molecule has 1 aromatic carbocycles.